The Morgan fingerprint density at radius 3 is 2.80 bits per heavy atom. The number of halogens is 1. The van der Waals surface area contributed by atoms with Crippen LogP contribution in [0.25, 0.3) is 0 Å². The first-order valence-corrected chi connectivity index (χ1v) is 6.80. The highest BCUT2D eigenvalue weighted by Gasteiger charge is 2.26. The molecule has 2 rings (SSSR count). The van der Waals surface area contributed by atoms with E-state index in [4.69, 9.17) is 10.8 Å². The van der Waals surface area contributed by atoms with Crippen molar-refractivity contribution in [2.75, 3.05) is 6.61 Å². The Kier molecular flexibility index (Phi) is 4.49. The second-order valence-corrected chi connectivity index (χ2v) is 5.10. The molecule has 1 aromatic carbocycles. The number of aliphatic hydroxyl groups excluding tert-OH is 1. The Balaban J connectivity index is 2.54. The van der Waals surface area contributed by atoms with Crippen LogP contribution in [0.3, 0.4) is 0 Å². The van der Waals surface area contributed by atoms with Crippen molar-refractivity contribution in [1.29, 1.82) is 0 Å². The van der Waals surface area contributed by atoms with Crippen molar-refractivity contribution in [3.63, 3.8) is 0 Å². The number of hydrogen-bond acceptors (Lipinski definition) is 3. The van der Waals surface area contributed by atoms with Gasteiger partial charge in [0, 0.05) is 18.6 Å². The number of ketones is 1. The molecule has 1 aliphatic rings. The molecule has 5 heteroatoms. The third-order valence-corrected chi connectivity index (χ3v) is 3.64. The van der Waals surface area contributed by atoms with Gasteiger partial charge in [0.25, 0.3) is 0 Å². The van der Waals surface area contributed by atoms with Crippen molar-refractivity contribution in [2.24, 2.45) is 5.73 Å². The SMILES string of the molecule is NC(=O)Cc1cc(F)c(CCCO)c2c1C(=O)CCC2. The summed E-state index contributed by atoms with van der Waals surface area (Å²) in [6, 6.07) is 1.25. The van der Waals surface area contributed by atoms with Gasteiger partial charge < -0.3 is 10.8 Å². The smallest absolute Gasteiger partial charge is 0.221 e. The van der Waals surface area contributed by atoms with E-state index in [0.29, 0.717) is 54.4 Å². The van der Waals surface area contributed by atoms with Gasteiger partial charge in [-0.05, 0) is 48.4 Å². The summed E-state index contributed by atoms with van der Waals surface area (Å²) in [5.41, 5.74) is 7.23. The number of hydrogen-bond donors (Lipinski definition) is 2. The second-order valence-electron chi connectivity index (χ2n) is 5.10. The normalized spacial score (nSPS) is 14.2. The third kappa shape index (κ3) is 2.88. The molecule has 4 nitrogen and oxygen atoms in total. The van der Waals surface area contributed by atoms with Crippen LogP contribution in [-0.2, 0) is 24.1 Å². The van der Waals surface area contributed by atoms with Gasteiger partial charge in [-0.1, -0.05) is 0 Å². The number of nitrogens with two attached hydrogens (primary N) is 1. The molecule has 0 fully saturated rings. The number of rotatable bonds is 5. The van der Waals surface area contributed by atoms with Crippen LogP contribution in [0, 0.1) is 5.82 Å². The topological polar surface area (TPSA) is 80.4 Å². The van der Waals surface area contributed by atoms with Gasteiger partial charge in [-0.15, -0.1) is 0 Å². The van der Waals surface area contributed by atoms with Crippen molar-refractivity contribution < 1.29 is 19.1 Å². The maximum Gasteiger partial charge on any atom is 0.221 e. The number of fused-ring (bicyclic) bond motifs is 1. The van der Waals surface area contributed by atoms with Gasteiger partial charge >= 0.3 is 0 Å². The Bertz CT molecular complexity index is 555. The molecule has 0 atom stereocenters. The lowest BCUT2D eigenvalue weighted by atomic mass is 9.82. The van der Waals surface area contributed by atoms with Crippen LogP contribution in [0.15, 0.2) is 6.07 Å². The van der Waals surface area contributed by atoms with Gasteiger partial charge in [0.05, 0.1) is 6.42 Å². The first-order valence-electron chi connectivity index (χ1n) is 6.80. The van der Waals surface area contributed by atoms with E-state index < -0.39 is 11.7 Å². The molecule has 0 bridgehead atoms. The van der Waals surface area contributed by atoms with Gasteiger partial charge in [-0.25, -0.2) is 4.39 Å². The van der Waals surface area contributed by atoms with Crippen molar-refractivity contribution in [3.8, 4) is 0 Å². The predicted octanol–water partition coefficient (Wildman–Crippen LogP) is 1.30. The number of Topliss-reactive ketones (excluding diaryl/α,β-unsaturated/α-hetero) is 1. The summed E-state index contributed by atoms with van der Waals surface area (Å²) >= 11 is 0. The van der Waals surface area contributed by atoms with Crippen molar-refractivity contribution in [2.45, 2.75) is 38.5 Å². The summed E-state index contributed by atoms with van der Waals surface area (Å²) in [5.74, 6) is -1.04. The highest BCUT2D eigenvalue weighted by Crippen LogP contribution is 2.31. The molecule has 1 aromatic rings. The standard InChI is InChI=1S/C15H18FNO3/c16-12-7-9(8-14(17)20)15-11(3-1-5-13(15)19)10(12)4-2-6-18/h7,18H,1-6,8H2,(H2,17,20). The van der Waals surface area contributed by atoms with Crippen molar-refractivity contribution in [1.82, 2.24) is 0 Å². The predicted molar refractivity (Wildman–Crippen MR) is 72.0 cm³/mol. The summed E-state index contributed by atoms with van der Waals surface area (Å²) in [6.45, 7) is -0.0226. The number of aliphatic hydroxyl groups is 1. The Labute approximate surface area is 116 Å². The average molecular weight is 279 g/mol. The molecular formula is C15H18FNO3. The molecule has 0 heterocycles. The van der Waals surface area contributed by atoms with Gasteiger partial charge in [-0.2, -0.15) is 0 Å². The molecule has 0 aromatic heterocycles. The molecule has 20 heavy (non-hydrogen) atoms. The van der Waals surface area contributed by atoms with Crippen LogP contribution >= 0.6 is 0 Å². The Hall–Kier alpha value is -1.75. The zero-order valence-corrected chi connectivity index (χ0v) is 11.2. The van der Waals surface area contributed by atoms with E-state index in [1.165, 1.54) is 6.07 Å². The molecule has 0 saturated carbocycles. The van der Waals surface area contributed by atoms with Gasteiger partial charge in [0.1, 0.15) is 5.82 Å². The summed E-state index contributed by atoms with van der Waals surface area (Å²) in [5, 5.41) is 8.90. The summed E-state index contributed by atoms with van der Waals surface area (Å²) in [7, 11) is 0. The minimum atomic E-state index is -0.576. The highest BCUT2D eigenvalue weighted by atomic mass is 19.1. The van der Waals surface area contributed by atoms with Gasteiger partial charge in [0.2, 0.25) is 5.91 Å². The molecule has 0 saturated heterocycles. The average Bonchev–Trinajstić information content (AvgIpc) is 2.37. The van der Waals surface area contributed by atoms with Crippen molar-refractivity contribution >= 4 is 11.7 Å². The molecule has 1 aliphatic carbocycles. The first kappa shape index (κ1) is 14.7. The summed E-state index contributed by atoms with van der Waals surface area (Å²) in [6.07, 6.45) is 2.47. The number of carbonyl (C=O) groups is 2. The zero-order valence-electron chi connectivity index (χ0n) is 11.2. The molecule has 0 spiro atoms. The maximum absolute atomic E-state index is 14.2. The maximum atomic E-state index is 14.2. The minimum Gasteiger partial charge on any atom is -0.396 e. The molecular weight excluding hydrogens is 261 g/mol. The second kappa shape index (κ2) is 6.13. The lowest BCUT2D eigenvalue weighted by Gasteiger charge is -2.22. The Morgan fingerprint density at radius 2 is 2.15 bits per heavy atom. The van der Waals surface area contributed by atoms with Crippen LogP contribution in [0.2, 0.25) is 0 Å². The molecule has 108 valence electrons. The first-order chi connectivity index (χ1) is 9.54. The lowest BCUT2D eigenvalue weighted by molar-refractivity contribution is -0.117. The highest BCUT2D eigenvalue weighted by molar-refractivity contribution is 6.01. The quantitative estimate of drug-likeness (QED) is 0.852. The third-order valence-electron chi connectivity index (χ3n) is 3.64. The van der Waals surface area contributed by atoms with E-state index in [9.17, 15) is 14.0 Å². The van der Waals surface area contributed by atoms with Crippen LogP contribution in [0.5, 0.6) is 0 Å². The largest absolute Gasteiger partial charge is 0.396 e. The van der Waals surface area contributed by atoms with Crippen LogP contribution in [0.4, 0.5) is 4.39 Å². The van der Waals surface area contributed by atoms with Gasteiger partial charge in [-0.3, -0.25) is 9.59 Å². The van der Waals surface area contributed by atoms with E-state index in [1.807, 2.05) is 0 Å². The number of amides is 1. The lowest BCUT2D eigenvalue weighted by Crippen LogP contribution is -2.21. The monoisotopic (exact) mass is 279 g/mol. The molecule has 3 N–H and O–H groups in total. The molecule has 1 amide bonds. The van der Waals surface area contributed by atoms with E-state index >= 15 is 0 Å². The Morgan fingerprint density at radius 1 is 1.40 bits per heavy atom. The van der Waals surface area contributed by atoms with E-state index in [2.05, 4.69) is 0 Å². The number of primary amides is 1. The van der Waals surface area contributed by atoms with Crippen molar-refractivity contribution in [3.05, 3.63) is 34.1 Å². The molecule has 0 unspecified atom stereocenters. The molecule has 0 radical (unpaired) electrons. The van der Waals surface area contributed by atoms with E-state index in [0.717, 1.165) is 0 Å². The fourth-order valence-electron chi connectivity index (χ4n) is 2.83. The number of benzene rings is 1. The fourth-order valence-corrected chi connectivity index (χ4v) is 2.83. The summed E-state index contributed by atoms with van der Waals surface area (Å²) in [4.78, 5) is 23.2. The minimum absolute atomic E-state index is 0.0226. The fraction of sp³-hybridized carbons (Fsp3) is 0.467. The zero-order chi connectivity index (χ0) is 14.7. The summed E-state index contributed by atoms with van der Waals surface area (Å²) < 4.78 is 14.2. The molecule has 0 aliphatic heterocycles. The van der Waals surface area contributed by atoms with Crippen LogP contribution in [-0.4, -0.2) is 23.4 Å². The van der Waals surface area contributed by atoms with E-state index in [1.54, 1.807) is 0 Å². The van der Waals surface area contributed by atoms with E-state index in [-0.39, 0.29) is 18.8 Å². The number of carbonyl (C=O) groups excluding carboxylic acids is 2. The van der Waals surface area contributed by atoms with Crippen LogP contribution in [0.1, 0.15) is 46.3 Å². The van der Waals surface area contributed by atoms with Gasteiger partial charge in [0.15, 0.2) is 5.78 Å². The van der Waals surface area contributed by atoms with Crippen LogP contribution < -0.4 is 5.73 Å².